The predicted octanol–water partition coefficient (Wildman–Crippen LogP) is 3.81. The fourth-order valence-electron chi connectivity index (χ4n) is 2.77. The Bertz CT molecular complexity index is 893. The molecule has 0 fully saturated rings. The number of hydrogen-bond acceptors (Lipinski definition) is 5. The summed E-state index contributed by atoms with van der Waals surface area (Å²) >= 11 is 1.67. The SMILES string of the molecule is COc1cccc(CCC(=O)NCCc2sc(-c3ccncc3)nc2C)c1. The number of carbonyl (C=O) groups excluding carboxylic acids is 1. The maximum absolute atomic E-state index is 12.1. The van der Waals surface area contributed by atoms with E-state index < -0.39 is 0 Å². The number of methoxy groups -OCH3 is 1. The Kier molecular flexibility index (Phi) is 6.54. The highest BCUT2D eigenvalue weighted by molar-refractivity contribution is 7.15. The van der Waals surface area contributed by atoms with E-state index in [4.69, 9.17) is 4.74 Å². The van der Waals surface area contributed by atoms with Gasteiger partial charge < -0.3 is 10.1 Å². The average Bonchev–Trinajstić information content (AvgIpc) is 3.08. The molecule has 3 rings (SSSR count). The molecule has 0 aliphatic carbocycles. The molecule has 140 valence electrons. The molecule has 0 aliphatic rings. The van der Waals surface area contributed by atoms with Crippen molar-refractivity contribution in [3.63, 3.8) is 0 Å². The summed E-state index contributed by atoms with van der Waals surface area (Å²) in [5.41, 5.74) is 3.20. The number of ether oxygens (including phenoxy) is 1. The molecule has 0 unspecified atom stereocenters. The van der Waals surface area contributed by atoms with Crippen molar-refractivity contribution in [3.05, 3.63) is 64.9 Å². The minimum atomic E-state index is 0.0642. The lowest BCUT2D eigenvalue weighted by molar-refractivity contribution is -0.121. The van der Waals surface area contributed by atoms with Gasteiger partial charge in [0.1, 0.15) is 10.8 Å². The Morgan fingerprint density at radius 3 is 2.78 bits per heavy atom. The third-order valence-corrected chi connectivity index (χ3v) is 5.54. The highest BCUT2D eigenvalue weighted by Crippen LogP contribution is 2.27. The lowest BCUT2D eigenvalue weighted by atomic mass is 10.1. The summed E-state index contributed by atoms with van der Waals surface area (Å²) in [6, 6.07) is 11.7. The number of aryl methyl sites for hydroxylation is 2. The van der Waals surface area contributed by atoms with Gasteiger partial charge in [-0.3, -0.25) is 9.78 Å². The number of aromatic nitrogens is 2. The van der Waals surface area contributed by atoms with Crippen LogP contribution in [0.2, 0.25) is 0 Å². The van der Waals surface area contributed by atoms with Gasteiger partial charge in [0.25, 0.3) is 0 Å². The van der Waals surface area contributed by atoms with E-state index in [2.05, 4.69) is 15.3 Å². The molecule has 0 spiro atoms. The van der Waals surface area contributed by atoms with E-state index in [-0.39, 0.29) is 5.91 Å². The largest absolute Gasteiger partial charge is 0.497 e. The van der Waals surface area contributed by atoms with Crippen LogP contribution in [0.4, 0.5) is 0 Å². The Morgan fingerprint density at radius 1 is 1.19 bits per heavy atom. The van der Waals surface area contributed by atoms with E-state index in [0.717, 1.165) is 34.0 Å². The molecule has 0 saturated heterocycles. The number of carbonyl (C=O) groups is 1. The van der Waals surface area contributed by atoms with E-state index in [1.165, 1.54) is 4.88 Å². The van der Waals surface area contributed by atoms with Gasteiger partial charge in [-0.25, -0.2) is 4.98 Å². The quantitative estimate of drug-likeness (QED) is 0.644. The van der Waals surface area contributed by atoms with Crippen LogP contribution >= 0.6 is 11.3 Å². The van der Waals surface area contributed by atoms with Crippen molar-refractivity contribution in [2.75, 3.05) is 13.7 Å². The summed E-state index contributed by atoms with van der Waals surface area (Å²) in [5.74, 6) is 0.882. The third kappa shape index (κ3) is 5.37. The molecule has 1 N–H and O–H groups in total. The molecule has 2 heterocycles. The molecule has 1 aromatic carbocycles. The van der Waals surface area contributed by atoms with Crippen LogP contribution in [0.25, 0.3) is 10.6 Å². The molecule has 0 bridgehead atoms. The first-order valence-electron chi connectivity index (χ1n) is 8.92. The van der Waals surface area contributed by atoms with Gasteiger partial charge in [-0.05, 0) is 43.2 Å². The smallest absolute Gasteiger partial charge is 0.220 e. The minimum absolute atomic E-state index is 0.0642. The van der Waals surface area contributed by atoms with Crippen LogP contribution in [-0.4, -0.2) is 29.5 Å². The molecule has 1 amide bonds. The number of rotatable bonds is 8. The molecule has 0 radical (unpaired) electrons. The second kappa shape index (κ2) is 9.28. The zero-order chi connectivity index (χ0) is 19.1. The van der Waals surface area contributed by atoms with Gasteiger partial charge in [0.2, 0.25) is 5.91 Å². The van der Waals surface area contributed by atoms with Gasteiger partial charge in [-0.15, -0.1) is 11.3 Å². The second-order valence-corrected chi connectivity index (χ2v) is 7.30. The van der Waals surface area contributed by atoms with Crippen molar-refractivity contribution in [3.8, 4) is 16.3 Å². The zero-order valence-electron chi connectivity index (χ0n) is 15.6. The number of nitrogens with one attached hydrogen (secondary N) is 1. The summed E-state index contributed by atoms with van der Waals surface area (Å²) in [7, 11) is 1.65. The molecule has 0 aliphatic heterocycles. The van der Waals surface area contributed by atoms with Crippen molar-refractivity contribution in [2.45, 2.75) is 26.2 Å². The molecule has 27 heavy (non-hydrogen) atoms. The van der Waals surface area contributed by atoms with E-state index in [0.29, 0.717) is 19.4 Å². The number of thiazole rings is 1. The molecule has 2 aromatic heterocycles. The normalized spacial score (nSPS) is 10.6. The summed E-state index contributed by atoms with van der Waals surface area (Å²) in [6.45, 7) is 2.64. The summed E-state index contributed by atoms with van der Waals surface area (Å²) in [5, 5.41) is 4.00. The van der Waals surface area contributed by atoms with Crippen molar-refractivity contribution < 1.29 is 9.53 Å². The maximum atomic E-state index is 12.1. The van der Waals surface area contributed by atoms with Gasteiger partial charge >= 0.3 is 0 Å². The van der Waals surface area contributed by atoms with E-state index in [9.17, 15) is 4.79 Å². The van der Waals surface area contributed by atoms with Gasteiger partial charge in [0.15, 0.2) is 0 Å². The molecule has 6 heteroatoms. The van der Waals surface area contributed by atoms with Crippen LogP contribution in [0.15, 0.2) is 48.8 Å². The summed E-state index contributed by atoms with van der Waals surface area (Å²) in [4.78, 5) is 22.0. The number of amides is 1. The van der Waals surface area contributed by atoms with E-state index in [1.807, 2.05) is 43.3 Å². The minimum Gasteiger partial charge on any atom is -0.497 e. The van der Waals surface area contributed by atoms with Crippen LogP contribution in [0.1, 0.15) is 22.6 Å². The fourth-order valence-corrected chi connectivity index (χ4v) is 3.83. The van der Waals surface area contributed by atoms with Crippen LogP contribution in [-0.2, 0) is 17.6 Å². The lowest BCUT2D eigenvalue weighted by Crippen LogP contribution is -2.25. The summed E-state index contributed by atoms with van der Waals surface area (Å²) in [6.07, 6.45) is 5.51. The topological polar surface area (TPSA) is 64.1 Å². The molecular formula is C21H23N3O2S. The average molecular weight is 382 g/mol. The molecular weight excluding hydrogens is 358 g/mol. The summed E-state index contributed by atoms with van der Waals surface area (Å²) < 4.78 is 5.21. The van der Waals surface area contributed by atoms with Crippen LogP contribution in [0.3, 0.4) is 0 Å². The van der Waals surface area contributed by atoms with Crippen LogP contribution in [0, 0.1) is 6.92 Å². The van der Waals surface area contributed by atoms with Crippen molar-refractivity contribution in [1.82, 2.24) is 15.3 Å². The van der Waals surface area contributed by atoms with Gasteiger partial charge in [0.05, 0.1) is 12.8 Å². The van der Waals surface area contributed by atoms with Gasteiger partial charge in [-0.1, -0.05) is 12.1 Å². The first kappa shape index (κ1) is 19.0. The van der Waals surface area contributed by atoms with Crippen molar-refractivity contribution >= 4 is 17.2 Å². The zero-order valence-corrected chi connectivity index (χ0v) is 16.4. The Morgan fingerprint density at radius 2 is 2.00 bits per heavy atom. The lowest BCUT2D eigenvalue weighted by Gasteiger charge is -2.06. The molecule has 5 nitrogen and oxygen atoms in total. The maximum Gasteiger partial charge on any atom is 0.220 e. The van der Waals surface area contributed by atoms with Crippen LogP contribution in [0.5, 0.6) is 5.75 Å². The number of nitrogens with zero attached hydrogens (tertiary/aromatic N) is 2. The monoisotopic (exact) mass is 381 g/mol. The van der Waals surface area contributed by atoms with Crippen molar-refractivity contribution in [1.29, 1.82) is 0 Å². The fraction of sp³-hybridized carbons (Fsp3) is 0.286. The van der Waals surface area contributed by atoms with Gasteiger partial charge in [0, 0.05) is 42.2 Å². The first-order chi connectivity index (χ1) is 13.2. The van der Waals surface area contributed by atoms with E-state index >= 15 is 0 Å². The van der Waals surface area contributed by atoms with Gasteiger partial charge in [-0.2, -0.15) is 0 Å². The Hall–Kier alpha value is -2.73. The third-order valence-electron chi connectivity index (χ3n) is 4.27. The molecule has 0 atom stereocenters. The highest BCUT2D eigenvalue weighted by Gasteiger charge is 2.10. The predicted molar refractivity (Wildman–Crippen MR) is 108 cm³/mol. The Labute approximate surface area is 163 Å². The first-order valence-corrected chi connectivity index (χ1v) is 9.73. The number of hydrogen-bond donors (Lipinski definition) is 1. The van der Waals surface area contributed by atoms with E-state index in [1.54, 1.807) is 30.8 Å². The Balaban J connectivity index is 1.47. The molecule has 0 saturated carbocycles. The standard InChI is InChI=1S/C21H23N3O2S/c1-15-19(27-21(24-15)17-8-11-22-12-9-17)10-13-23-20(25)7-6-16-4-3-5-18(14-16)26-2/h3-5,8-9,11-12,14H,6-7,10,13H2,1-2H3,(H,23,25). The highest BCUT2D eigenvalue weighted by atomic mass is 32.1. The van der Waals surface area contributed by atoms with Crippen LogP contribution < -0.4 is 10.1 Å². The molecule has 3 aromatic rings. The van der Waals surface area contributed by atoms with Crippen molar-refractivity contribution in [2.24, 2.45) is 0 Å². The second-order valence-electron chi connectivity index (χ2n) is 6.21. The number of benzene rings is 1. The number of pyridine rings is 1.